The number of aromatic nitrogens is 3. The van der Waals surface area contributed by atoms with Crippen LogP contribution in [-0.2, 0) is 0 Å². The predicted octanol–water partition coefficient (Wildman–Crippen LogP) is 3.11. The lowest BCUT2D eigenvalue weighted by Gasteiger charge is -2.08. The fourth-order valence-corrected chi connectivity index (χ4v) is 2.37. The first-order chi connectivity index (χ1) is 12.7. The second-order valence-corrected chi connectivity index (χ2v) is 5.79. The predicted molar refractivity (Wildman–Crippen MR) is 102 cm³/mol. The van der Waals surface area contributed by atoms with Gasteiger partial charge >= 0.3 is 0 Å². The Morgan fingerprint density at radius 3 is 2.46 bits per heavy atom. The maximum absolute atomic E-state index is 12.0. The van der Waals surface area contributed by atoms with Crippen LogP contribution in [0.4, 0.5) is 17.3 Å². The summed E-state index contributed by atoms with van der Waals surface area (Å²) >= 11 is 5.88. The summed E-state index contributed by atoms with van der Waals surface area (Å²) in [4.78, 5) is 15.9. The fraction of sp³-hybridized carbons (Fsp3) is 0.111. The molecule has 2 heterocycles. The third kappa shape index (κ3) is 5.15. The van der Waals surface area contributed by atoms with Crippen LogP contribution in [0.25, 0.3) is 0 Å². The fourth-order valence-electron chi connectivity index (χ4n) is 2.17. The Hall–Kier alpha value is -3.19. The first-order valence-electron chi connectivity index (χ1n) is 7.99. The first-order valence-corrected chi connectivity index (χ1v) is 8.37. The van der Waals surface area contributed by atoms with Crippen LogP contribution in [0.2, 0.25) is 5.02 Å². The molecule has 1 aromatic carbocycles. The molecule has 0 unspecified atom stereocenters. The molecule has 0 radical (unpaired) electrons. The zero-order valence-corrected chi connectivity index (χ0v) is 14.6. The molecule has 0 saturated heterocycles. The average Bonchev–Trinajstić information content (AvgIpc) is 2.67. The minimum absolute atomic E-state index is 0.169. The van der Waals surface area contributed by atoms with E-state index in [4.69, 9.17) is 11.6 Å². The van der Waals surface area contributed by atoms with Gasteiger partial charge in [0, 0.05) is 41.8 Å². The van der Waals surface area contributed by atoms with Crippen LogP contribution in [0.15, 0.2) is 60.9 Å². The summed E-state index contributed by atoms with van der Waals surface area (Å²) in [5, 5.41) is 17.8. The number of halogens is 1. The van der Waals surface area contributed by atoms with Crippen molar-refractivity contribution in [1.82, 2.24) is 20.5 Å². The molecule has 3 N–H and O–H groups in total. The van der Waals surface area contributed by atoms with Crippen LogP contribution in [0.1, 0.15) is 10.4 Å². The van der Waals surface area contributed by atoms with Crippen LogP contribution in [0.5, 0.6) is 0 Å². The largest absolute Gasteiger partial charge is 0.367 e. The number of carbonyl (C=O) groups excluding carboxylic acids is 1. The van der Waals surface area contributed by atoms with Gasteiger partial charge in [-0.1, -0.05) is 17.7 Å². The maximum atomic E-state index is 12.0. The van der Waals surface area contributed by atoms with E-state index in [9.17, 15) is 4.79 Å². The molecule has 26 heavy (non-hydrogen) atoms. The SMILES string of the molecule is O=C(NCCNc1ccc(Nc2ccncc2)nn1)c1cccc(Cl)c1. The molecule has 0 aliphatic carbocycles. The lowest BCUT2D eigenvalue weighted by molar-refractivity contribution is 0.0955. The third-order valence-corrected chi connectivity index (χ3v) is 3.66. The van der Waals surface area contributed by atoms with Crippen molar-refractivity contribution in [2.75, 3.05) is 23.7 Å². The number of benzene rings is 1. The van der Waals surface area contributed by atoms with Crippen molar-refractivity contribution >= 4 is 34.8 Å². The molecule has 3 rings (SSSR count). The highest BCUT2D eigenvalue weighted by Gasteiger charge is 2.05. The van der Waals surface area contributed by atoms with E-state index in [2.05, 4.69) is 31.1 Å². The standard InChI is InChI=1S/C18H17ClN6O/c19-14-3-1-2-13(12-14)18(26)22-11-10-21-16-4-5-17(25-24-16)23-15-6-8-20-9-7-15/h1-9,12H,10-11H2,(H,21,24)(H,22,26)(H,20,23,25). The summed E-state index contributed by atoms with van der Waals surface area (Å²) in [5.41, 5.74) is 1.42. The van der Waals surface area contributed by atoms with Crippen LogP contribution >= 0.6 is 11.6 Å². The van der Waals surface area contributed by atoms with E-state index in [0.29, 0.717) is 35.3 Å². The Morgan fingerprint density at radius 2 is 1.73 bits per heavy atom. The normalized spacial score (nSPS) is 10.2. The number of hydrogen-bond acceptors (Lipinski definition) is 6. The number of nitrogens with zero attached hydrogens (tertiary/aromatic N) is 3. The van der Waals surface area contributed by atoms with E-state index in [1.54, 1.807) is 36.7 Å². The number of rotatable bonds is 7. The zero-order chi connectivity index (χ0) is 18.2. The Labute approximate surface area is 155 Å². The molecule has 3 aromatic rings. The van der Waals surface area contributed by atoms with Gasteiger partial charge in [0.1, 0.15) is 5.82 Å². The smallest absolute Gasteiger partial charge is 0.251 e. The summed E-state index contributed by atoms with van der Waals surface area (Å²) in [5.74, 6) is 1.09. The van der Waals surface area contributed by atoms with Gasteiger partial charge in [-0.25, -0.2) is 0 Å². The minimum Gasteiger partial charge on any atom is -0.367 e. The number of hydrogen-bond donors (Lipinski definition) is 3. The van der Waals surface area contributed by atoms with Crippen LogP contribution in [-0.4, -0.2) is 34.2 Å². The molecule has 0 saturated carbocycles. The van der Waals surface area contributed by atoms with Crippen LogP contribution in [0.3, 0.4) is 0 Å². The van der Waals surface area contributed by atoms with Crippen LogP contribution < -0.4 is 16.0 Å². The molecule has 0 aliphatic heterocycles. The van der Waals surface area contributed by atoms with Gasteiger partial charge in [-0.15, -0.1) is 10.2 Å². The molecule has 7 nitrogen and oxygen atoms in total. The van der Waals surface area contributed by atoms with Gasteiger partial charge in [-0.2, -0.15) is 0 Å². The zero-order valence-electron chi connectivity index (χ0n) is 13.8. The van der Waals surface area contributed by atoms with E-state index in [1.165, 1.54) is 0 Å². The van der Waals surface area contributed by atoms with Gasteiger partial charge in [0.05, 0.1) is 0 Å². The van der Waals surface area contributed by atoms with E-state index >= 15 is 0 Å². The average molecular weight is 369 g/mol. The van der Waals surface area contributed by atoms with Crippen molar-refractivity contribution in [2.24, 2.45) is 0 Å². The molecule has 2 aromatic heterocycles. The molecule has 0 bridgehead atoms. The Kier molecular flexibility index (Phi) is 5.95. The lowest BCUT2D eigenvalue weighted by Crippen LogP contribution is -2.28. The number of nitrogens with one attached hydrogen (secondary N) is 3. The maximum Gasteiger partial charge on any atom is 0.251 e. The lowest BCUT2D eigenvalue weighted by atomic mass is 10.2. The number of pyridine rings is 1. The molecule has 0 fully saturated rings. The van der Waals surface area contributed by atoms with E-state index in [0.717, 1.165) is 5.69 Å². The van der Waals surface area contributed by atoms with Crippen molar-refractivity contribution in [1.29, 1.82) is 0 Å². The molecule has 1 amide bonds. The summed E-state index contributed by atoms with van der Waals surface area (Å²) in [6.07, 6.45) is 3.40. The van der Waals surface area contributed by atoms with Gasteiger partial charge in [0.25, 0.3) is 5.91 Å². The molecule has 0 atom stereocenters. The molecule has 0 aliphatic rings. The monoisotopic (exact) mass is 368 g/mol. The van der Waals surface area contributed by atoms with Crippen molar-refractivity contribution in [3.8, 4) is 0 Å². The highest BCUT2D eigenvalue weighted by atomic mass is 35.5. The quantitative estimate of drug-likeness (QED) is 0.555. The van der Waals surface area contributed by atoms with Crippen molar-refractivity contribution in [2.45, 2.75) is 0 Å². The molecule has 0 spiro atoms. The Morgan fingerprint density at radius 1 is 0.962 bits per heavy atom. The van der Waals surface area contributed by atoms with Crippen LogP contribution in [0, 0.1) is 0 Å². The third-order valence-electron chi connectivity index (χ3n) is 3.42. The Balaban J connectivity index is 1.43. The van der Waals surface area contributed by atoms with Gasteiger partial charge < -0.3 is 16.0 Å². The second-order valence-electron chi connectivity index (χ2n) is 5.36. The van der Waals surface area contributed by atoms with Gasteiger partial charge in [0.15, 0.2) is 5.82 Å². The molecular formula is C18H17ClN6O. The summed E-state index contributed by atoms with van der Waals surface area (Å²) in [7, 11) is 0. The number of amides is 1. The van der Waals surface area contributed by atoms with Gasteiger partial charge in [-0.05, 0) is 42.5 Å². The first kappa shape index (κ1) is 17.6. The number of anilines is 3. The Bertz CT molecular complexity index is 857. The minimum atomic E-state index is -0.169. The molecule has 8 heteroatoms. The summed E-state index contributed by atoms with van der Waals surface area (Å²) < 4.78 is 0. The second kappa shape index (κ2) is 8.77. The highest BCUT2D eigenvalue weighted by Crippen LogP contribution is 2.13. The molecular weight excluding hydrogens is 352 g/mol. The van der Waals surface area contributed by atoms with E-state index < -0.39 is 0 Å². The molecule has 132 valence electrons. The van der Waals surface area contributed by atoms with E-state index in [1.807, 2.05) is 24.3 Å². The number of carbonyl (C=O) groups is 1. The van der Waals surface area contributed by atoms with Crippen molar-refractivity contribution in [3.05, 3.63) is 71.5 Å². The van der Waals surface area contributed by atoms with Gasteiger partial charge in [-0.3, -0.25) is 9.78 Å². The van der Waals surface area contributed by atoms with Crippen molar-refractivity contribution < 1.29 is 4.79 Å². The summed E-state index contributed by atoms with van der Waals surface area (Å²) in [6, 6.07) is 14.1. The van der Waals surface area contributed by atoms with Gasteiger partial charge in [0.2, 0.25) is 0 Å². The highest BCUT2D eigenvalue weighted by molar-refractivity contribution is 6.30. The van der Waals surface area contributed by atoms with E-state index in [-0.39, 0.29) is 5.91 Å². The van der Waals surface area contributed by atoms with Crippen molar-refractivity contribution in [3.63, 3.8) is 0 Å². The topological polar surface area (TPSA) is 91.8 Å². The summed E-state index contributed by atoms with van der Waals surface area (Å²) in [6.45, 7) is 0.974.